The Balaban J connectivity index is 2.39. The first-order valence-corrected chi connectivity index (χ1v) is 7.32. The second-order valence-electron chi connectivity index (χ2n) is 3.27. The molecule has 0 amide bonds. The highest BCUT2D eigenvalue weighted by Crippen LogP contribution is 2.37. The van der Waals surface area contributed by atoms with Crippen molar-refractivity contribution in [2.24, 2.45) is 5.73 Å². The Kier molecular flexibility index (Phi) is 4.08. The summed E-state index contributed by atoms with van der Waals surface area (Å²) in [5.74, 6) is 0. The predicted octanol–water partition coefficient (Wildman–Crippen LogP) is 4.97. The van der Waals surface area contributed by atoms with Gasteiger partial charge in [-0.2, -0.15) is 0 Å². The Hall–Kier alpha value is 0.130. The minimum absolute atomic E-state index is 0.149. The Bertz CT molecular complexity index is 493. The summed E-state index contributed by atoms with van der Waals surface area (Å²) in [7, 11) is 0. The van der Waals surface area contributed by atoms with Crippen LogP contribution in [0, 0.1) is 0 Å². The SMILES string of the molecule is NC(c1cc(Cl)c(Br)s1)c1ccccc1Br. The summed E-state index contributed by atoms with van der Waals surface area (Å²) in [5, 5.41) is 0.711. The van der Waals surface area contributed by atoms with Crippen LogP contribution in [-0.4, -0.2) is 0 Å². The van der Waals surface area contributed by atoms with E-state index in [9.17, 15) is 0 Å². The van der Waals surface area contributed by atoms with Crippen molar-refractivity contribution in [1.29, 1.82) is 0 Å². The average molecular weight is 382 g/mol. The van der Waals surface area contributed by atoms with Gasteiger partial charge in [-0.15, -0.1) is 11.3 Å². The Morgan fingerprint density at radius 3 is 2.50 bits per heavy atom. The number of rotatable bonds is 2. The molecule has 0 bridgehead atoms. The molecule has 1 atom stereocenters. The van der Waals surface area contributed by atoms with Crippen LogP contribution in [0.1, 0.15) is 16.5 Å². The van der Waals surface area contributed by atoms with E-state index >= 15 is 0 Å². The third-order valence-corrected chi connectivity index (χ3v) is 5.49. The van der Waals surface area contributed by atoms with Gasteiger partial charge in [0.05, 0.1) is 14.9 Å². The molecule has 1 unspecified atom stereocenters. The first-order chi connectivity index (χ1) is 7.59. The lowest BCUT2D eigenvalue weighted by atomic mass is 10.1. The van der Waals surface area contributed by atoms with Crippen molar-refractivity contribution in [3.63, 3.8) is 0 Å². The van der Waals surface area contributed by atoms with Crippen molar-refractivity contribution in [1.82, 2.24) is 0 Å². The summed E-state index contributed by atoms with van der Waals surface area (Å²) >= 11 is 14.5. The molecule has 0 saturated heterocycles. The van der Waals surface area contributed by atoms with Crippen LogP contribution in [0.15, 0.2) is 38.6 Å². The second kappa shape index (κ2) is 5.19. The fraction of sp³-hybridized carbons (Fsp3) is 0.0909. The third kappa shape index (κ3) is 2.51. The summed E-state index contributed by atoms with van der Waals surface area (Å²) in [6, 6.07) is 9.70. The van der Waals surface area contributed by atoms with Crippen molar-refractivity contribution >= 4 is 54.8 Å². The molecule has 5 heteroatoms. The second-order valence-corrected chi connectivity index (χ2v) is 6.93. The standard InChI is InChI=1S/C11H8Br2ClNS/c12-7-4-2-1-3-6(7)10(15)9-5-8(14)11(13)16-9/h1-5,10H,15H2. The highest BCUT2D eigenvalue weighted by atomic mass is 79.9. The molecule has 0 fully saturated rings. The minimum atomic E-state index is -0.149. The zero-order valence-corrected chi connectivity index (χ0v) is 12.8. The fourth-order valence-electron chi connectivity index (χ4n) is 1.40. The highest BCUT2D eigenvalue weighted by Gasteiger charge is 2.15. The zero-order valence-electron chi connectivity index (χ0n) is 8.08. The summed E-state index contributed by atoms with van der Waals surface area (Å²) in [5.41, 5.74) is 7.26. The summed E-state index contributed by atoms with van der Waals surface area (Å²) < 4.78 is 1.94. The predicted molar refractivity (Wildman–Crippen MR) is 77.2 cm³/mol. The number of benzene rings is 1. The lowest BCUT2D eigenvalue weighted by Gasteiger charge is -2.11. The van der Waals surface area contributed by atoms with Gasteiger partial charge in [-0.1, -0.05) is 45.7 Å². The van der Waals surface area contributed by atoms with Gasteiger partial charge in [-0.3, -0.25) is 0 Å². The van der Waals surface area contributed by atoms with Crippen LogP contribution in [0.5, 0.6) is 0 Å². The van der Waals surface area contributed by atoms with Crippen LogP contribution >= 0.6 is 54.8 Å². The van der Waals surface area contributed by atoms with Gasteiger partial charge in [0.15, 0.2) is 0 Å². The maximum Gasteiger partial charge on any atom is 0.0888 e. The van der Waals surface area contributed by atoms with Gasteiger partial charge in [0.25, 0.3) is 0 Å². The van der Waals surface area contributed by atoms with Crippen molar-refractivity contribution in [2.75, 3.05) is 0 Å². The normalized spacial score (nSPS) is 12.8. The van der Waals surface area contributed by atoms with E-state index in [4.69, 9.17) is 17.3 Å². The molecular formula is C11H8Br2ClNS. The molecule has 2 rings (SSSR count). The quantitative estimate of drug-likeness (QED) is 0.780. The molecule has 2 aromatic rings. The van der Waals surface area contributed by atoms with Crippen LogP contribution in [0.25, 0.3) is 0 Å². The van der Waals surface area contributed by atoms with E-state index in [0.717, 1.165) is 18.7 Å². The molecule has 0 saturated carbocycles. The Morgan fingerprint density at radius 1 is 1.25 bits per heavy atom. The van der Waals surface area contributed by atoms with Gasteiger partial charge < -0.3 is 5.73 Å². The van der Waals surface area contributed by atoms with Crippen LogP contribution in [0.2, 0.25) is 5.02 Å². The fourth-order valence-corrected chi connectivity index (χ4v) is 3.70. The van der Waals surface area contributed by atoms with Crippen LogP contribution in [0.4, 0.5) is 0 Å². The van der Waals surface area contributed by atoms with E-state index in [1.807, 2.05) is 30.3 Å². The first-order valence-electron chi connectivity index (χ1n) is 4.54. The summed E-state index contributed by atoms with van der Waals surface area (Å²) in [6.07, 6.45) is 0. The molecule has 0 radical (unpaired) electrons. The molecule has 0 spiro atoms. The number of thiophene rings is 1. The van der Waals surface area contributed by atoms with E-state index in [0.29, 0.717) is 5.02 Å². The first kappa shape index (κ1) is 12.6. The maximum absolute atomic E-state index is 6.20. The van der Waals surface area contributed by atoms with Gasteiger partial charge in [0, 0.05) is 9.35 Å². The monoisotopic (exact) mass is 379 g/mol. The van der Waals surface area contributed by atoms with E-state index in [1.165, 1.54) is 0 Å². The van der Waals surface area contributed by atoms with Crippen LogP contribution in [-0.2, 0) is 0 Å². The van der Waals surface area contributed by atoms with Gasteiger partial charge in [-0.25, -0.2) is 0 Å². The van der Waals surface area contributed by atoms with Gasteiger partial charge in [0.2, 0.25) is 0 Å². The molecular weight excluding hydrogens is 373 g/mol. The largest absolute Gasteiger partial charge is 0.320 e. The molecule has 1 heterocycles. The number of hydrogen-bond donors (Lipinski definition) is 1. The molecule has 1 nitrogen and oxygen atoms in total. The van der Waals surface area contributed by atoms with Gasteiger partial charge in [-0.05, 0) is 33.6 Å². The van der Waals surface area contributed by atoms with Crippen molar-refractivity contribution in [3.05, 3.63) is 54.1 Å². The number of hydrogen-bond acceptors (Lipinski definition) is 2. The molecule has 0 aliphatic rings. The molecule has 1 aromatic carbocycles. The maximum atomic E-state index is 6.20. The lowest BCUT2D eigenvalue weighted by Crippen LogP contribution is -2.10. The molecule has 0 aliphatic carbocycles. The molecule has 0 aliphatic heterocycles. The summed E-state index contributed by atoms with van der Waals surface area (Å²) in [6.45, 7) is 0. The highest BCUT2D eigenvalue weighted by molar-refractivity contribution is 9.11. The third-order valence-electron chi connectivity index (χ3n) is 2.21. The number of nitrogens with two attached hydrogens (primary N) is 1. The van der Waals surface area contributed by atoms with Gasteiger partial charge >= 0.3 is 0 Å². The average Bonchev–Trinajstić information content (AvgIpc) is 2.59. The Labute approximate surface area is 120 Å². The van der Waals surface area contributed by atoms with Crippen molar-refractivity contribution < 1.29 is 0 Å². The zero-order chi connectivity index (χ0) is 11.7. The van der Waals surface area contributed by atoms with E-state index < -0.39 is 0 Å². The topological polar surface area (TPSA) is 26.0 Å². The molecule has 84 valence electrons. The molecule has 1 aromatic heterocycles. The van der Waals surface area contributed by atoms with E-state index in [2.05, 4.69) is 31.9 Å². The van der Waals surface area contributed by atoms with Gasteiger partial charge in [0.1, 0.15) is 0 Å². The molecule has 2 N–H and O–H groups in total. The number of halogens is 3. The molecule has 16 heavy (non-hydrogen) atoms. The van der Waals surface area contributed by atoms with E-state index in [1.54, 1.807) is 11.3 Å². The van der Waals surface area contributed by atoms with E-state index in [-0.39, 0.29) is 6.04 Å². The minimum Gasteiger partial charge on any atom is -0.320 e. The summed E-state index contributed by atoms with van der Waals surface area (Å²) in [4.78, 5) is 1.05. The van der Waals surface area contributed by atoms with Crippen molar-refractivity contribution in [3.8, 4) is 0 Å². The lowest BCUT2D eigenvalue weighted by molar-refractivity contribution is 0.887. The Morgan fingerprint density at radius 2 is 1.94 bits per heavy atom. The van der Waals surface area contributed by atoms with Crippen molar-refractivity contribution in [2.45, 2.75) is 6.04 Å². The van der Waals surface area contributed by atoms with Crippen LogP contribution < -0.4 is 5.73 Å². The van der Waals surface area contributed by atoms with Crippen LogP contribution in [0.3, 0.4) is 0 Å². The smallest absolute Gasteiger partial charge is 0.0888 e.